The van der Waals surface area contributed by atoms with Crippen LogP contribution < -0.4 is 0 Å². The van der Waals surface area contributed by atoms with Crippen molar-refractivity contribution in [1.29, 1.82) is 0 Å². The van der Waals surface area contributed by atoms with E-state index >= 15 is 0 Å². The second kappa shape index (κ2) is 6.28. The summed E-state index contributed by atoms with van der Waals surface area (Å²) in [5.74, 6) is 0. The van der Waals surface area contributed by atoms with E-state index in [4.69, 9.17) is 0 Å². The van der Waals surface area contributed by atoms with Crippen molar-refractivity contribution in [2.75, 3.05) is 0 Å². The predicted octanol–water partition coefficient (Wildman–Crippen LogP) is 4.54. The van der Waals surface area contributed by atoms with Crippen LogP contribution in [-0.4, -0.2) is 4.98 Å². The van der Waals surface area contributed by atoms with Gasteiger partial charge in [-0.05, 0) is 29.9 Å². The lowest BCUT2D eigenvalue weighted by Crippen LogP contribution is -1.85. The fourth-order valence-corrected chi connectivity index (χ4v) is 1.73. The fraction of sp³-hybridized carbons (Fsp3) is 0.429. The van der Waals surface area contributed by atoms with Gasteiger partial charge in [-0.1, -0.05) is 45.4 Å². The van der Waals surface area contributed by atoms with Crippen LogP contribution in [0.4, 0.5) is 0 Å². The lowest BCUT2D eigenvalue weighted by atomic mass is 10.1. The van der Waals surface area contributed by atoms with Crippen LogP contribution in [0.5, 0.6) is 0 Å². The minimum Gasteiger partial charge on any atom is -0.361 e. The first-order valence-corrected chi connectivity index (χ1v) is 5.97. The molecule has 0 aliphatic heterocycles. The highest BCUT2D eigenvalue weighted by Gasteiger charge is 1.99. The summed E-state index contributed by atoms with van der Waals surface area (Å²) in [5, 5.41) is 1.33. The summed E-state index contributed by atoms with van der Waals surface area (Å²) in [7, 11) is 0. The first-order chi connectivity index (χ1) is 7.42. The van der Waals surface area contributed by atoms with E-state index in [1.807, 2.05) is 20.0 Å². The van der Waals surface area contributed by atoms with Gasteiger partial charge in [0.25, 0.3) is 0 Å². The van der Waals surface area contributed by atoms with E-state index in [0.29, 0.717) is 0 Å². The monoisotopic (exact) mass is 203 g/mol. The molecule has 0 saturated heterocycles. The summed E-state index contributed by atoms with van der Waals surface area (Å²) in [5.41, 5.74) is 2.76. The quantitative estimate of drug-likeness (QED) is 0.754. The summed E-state index contributed by atoms with van der Waals surface area (Å²) < 4.78 is 0. The van der Waals surface area contributed by atoms with E-state index < -0.39 is 0 Å². The van der Waals surface area contributed by atoms with Crippen LogP contribution in [0.25, 0.3) is 10.9 Å². The molecule has 0 fully saturated rings. The van der Waals surface area contributed by atoms with Crippen molar-refractivity contribution in [1.82, 2.24) is 4.98 Å². The minimum absolute atomic E-state index is 1.19. The van der Waals surface area contributed by atoms with Gasteiger partial charge < -0.3 is 4.98 Å². The number of benzene rings is 1. The van der Waals surface area contributed by atoms with Crippen molar-refractivity contribution in [3.8, 4) is 0 Å². The average Bonchev–Trinajstić information content (AvgIpc) is 2.77. The van der Waals surface area contributed by atoms with Crippen LogP contribution in [0.3, 0.4) is 0 Å². The van der Waals surface area contributed by atoms with E-state index in [2.05, 4.69) is 36.2 Å². The van der Waals surface area contributed by atoms with Gasteiger partial charge in [-0.25, -0.2) is 0 Å². The highest BCUT2D eigenvalue weighted by molar-refractivity contribution is 5.82. The Bertz CT molecular complexity index is 387. The zero-order valence-corrected chi connectivity index (χ0v) is 10.0. The number of aromatic amines is 1. The van der Waals surface area contributed by atoms with Crippen molar-refractivity contribution in [2.45, 2.75) is 40.0 Å². The van der Waals surface area contributed by atoms with Gasteiger partial charge in [0, 0.05) is 11.7 Å². The van der Waals surface area contributed by atoms with Crippen LogP contribution in [0.1, 0.15) is 39.2 Å². The third-order valence-corrected chi connectivity index (χ3v) is 2.47. The number of H-pyrrole nitrogens is 1. The molecule has 15 heavy (non-hydrogen) atoms. The molecule has 0 spiro atoms. The number of nitrogens with one attached hydrogen (secondary N) is 1. The van der Waals surface area contributed by atoms with E-state index in [1.165, 1.54) is 35.7 Å². The summed E-state index contributed by atoms with van der Waals surface area (Å²) in [6, 6.07) is 8.64. The zero-order valence-electron chi connectivity index (χ0n) is 10.0. The second-order valence-corrected chi connectivity index (χ2v) is 3.46. The fourth-order valence-electron chi connectivity index (χ4n) is 1.73. The Balaban J connectivity index is 0.000000531. The maximum Gasteiger partial charge on any atom is 0.0486 e. The minimum atomic E-state index is 1.19. The molecule has 0 amide bonds. The van der Waals surface area contributed by atoms with Gasteiger partial charge in [-0.2, -0.15) is 0 Å². The first kappa shape index (κ1) is 11.8. The third kappa shape index (κ3) is 2.85. The van der Waals surface area contributed by atoms with E-state index in [1.54, 1.807) is 0 Å². The van der Waals surface area contributed by atoms with Gasteiger partial charge in [0.2, 0.25) is 0 Å². The Kier molecular flexibility index (Phi) is 4.96. The summed E-state index contributed by atoms with van der Waals surface area (Å²) in [6.45, 7) is 6.23. The number of para-hydroxylation sites is 1. The summed E-state index contributed by atoms with van der Waals surface area (Å²) >= 11 is 0. The maximum absolute atomic E-state index is 3.30. The maximum atomic E-state index is 3.30. The van der Waals surface area contributed by atoms with Gasteiger partial charge in [0.05, 0.1) is 0 Å². The van der Waals surface area contributed by atoms with Gasteiger partial charge in [0.1, 0.15) is 0 Å². The molecule has 1 aromatic carbocycles. The van der Waals surface area contributed by atoms with Gasteiger partial charge >= 0.3 is 0 Å². The molecule has 1 heteroatoms. The average molecular weight is 203 g/mol. The van der Waals surface area contributed by atoms with E-state index in [0.717, 1.165) is 0 Å². The molecular formula is C14H21N. The number of fused-ring (bicyclic) bond motifs is 1. The Morgan fingerprint density at radius 1 is 1.13 bits per heavy atom. The van der Waals surface area contributed by atoms with Gasteiger partial charge in [-0.3, -0.25) is 0 Å². The Labute approximate surface area is 92.5 Å². The molecule has 1 aromatic heterocycles. The Morgan fingerprint density at radius 2 is 1.93 bits per heavy atom. The molecule has 0 saturated carbocycles. The van der Waals surface area contributed by atoms with Crippen LogP contribution >= 0.6 is 0 Å². The van der Waals surface area contributed by atoms with Crippen LogP contribution in [0.2, 0.25) is 0 Å². The highest BCUT2D eigenvalue weighted by atomic mass is 14.7. The summed E-state index contributed by atoms with van der Waals surface area (Å²) in [6.07, 6.45) is 5.74. The number of rotatable bonds is 3. The van der Waals surface area contributed by atoms with Crippen LogP contribution in [0.15, 0.2) is 30.5 Å². The molecule has 2 rings (SSSR count). The van der Waals surface area contributed by atoms with Gasteiger partial charge in [-0.15, -0.1) is 0 Å². The molecule has 1 heterocycles. The molecule has 0 aliphatic carbocycles. The molecule has 0 aliphatic rings. The van der Waals surface area contributed by atoms with Crippen molar-refractivity contribution in [2.24, 2.45) is 0 Å². The molecule has 0 atom stereocenters. The number of hydrogen-bond acceptors (Lipinski definition) is 0. The van der Waals surface area contributed by atoms with Crippen molar-refractivity contribution in [3.63, 3.8) is 0 Å². The van der Waals surface area contributed by atoms with Gasteiger partial charge in [0.15, 0.2) is 0 Å². The summed E-state index contributed by atoms with van der Waals surface area (Å²) in [4.78, 5) is 3.30. The Morgan fingerprint density at radius 3 is 2.67 bits per heavy atom. The predicted molar refractivity (Wildman–Crippen MR) is 68.3 cm³/mol. The molecule has 0 bridgehead atoms. The number of aryl methyl sites for hydroxylation is 1. The molecular weight excluding hydrogens is 182 g/mol. The van der Waals surface area contributed by atoms with Crippen molar-refractivity contribution in [3.05, 3.63) is 36.0 Å². The van der Waals surface area contributed by atoms with E-state index in [9.17, 15) is 0 Å². The van der Waals surface area contributed by atoms with E-state index in [-0.39, 0.29) is 0 Å². The van der Waals surface area contributed by atoms with Crippen LogP contribution in [-0.2, 0) is 6.42 Å². The molecule has 1 nitrogen and oxygen atoms in total. The highest BCUT2D eigenvalue weighted by Crippen LogP contribution is 2.18. The van der Waals surface area contributed by atoms with Crippen molar-refractivity contribution < 1.29 is 0 Å². The number of aromatic nitrogens is 1. The smallest absolute Gasteiger partial charge is 0.0486 e. The molecule has 82 valence electrons. The third-order valence-electron chi connectivity index (χ3n) is 2.47. The lowest BCUT2D eigenvalue weighted by Gasteiger charge is -2.01. The van der Waals surface area contributed by atoms with Crippen LogP contribution in [0, 0.1) is 0 Å². The lowest BCUT2D eigenvalue weighted by molar-refractivity contribution is 0.798. The topological polar surface area (TPSA) is 15.8 Å². The largest absolute Gasteiger partial charge is 0.361 e. The first-order valence-electron chi connectivity index (χ1n) is 5.97. The molecule has 2 aromatic rings. The second-order valence-electron chi connectivity index (χ2n) is 3.46. The normalized spacial score (nSPS) is 9.80. The SMILES string of the molecule is CC.CCCCc1cccc2cc[nH]c12. The number of hydrogen-bond donors (Lipinski definition) is 1. The molecule has 0 radical (unpaired) electrons. The zero-order chi connectivity index (χ0) is 11.1. The number of unbranched alkanes of at least 4 members (excludes halogenated alkanes) is 1. The Hall–Kier alpha value is -1.24. The molecule has 1 N–H and O–H groups in total. The standard InChI is InChI=1S/C12H15N.C2H6/c1-2-3-5-10-6-4-7-11-8-9-13-12(10)11;1-2/h4,6-9,13H,2-3,5H2,1H3;1-2H3. The molecule has 0 unspecified atom stereocenters. The van der Waals surface area contributed by atoms with Crippen molar-refractivity contribution >= 4 is 10.9 Å².